The third-order valence-corrected chi connectivity index (χ3v) is 5.83. The normalized spacial score (nSPS) is 11.0. The van der Waals surface area contributed by atoms with Crippen molar-refractivity contribution in [3.05, 3.63) is 82.9 Å². The summed E-state index contributed by atoms with van der Waals surface area (Å²) in [5, 5.41) is 2.91. The van der Waals surface area contributed by atoms with Gasteiger partial charge in [-0.2, -0.15) is 0 Å². The SMILES string of the molecule is COc1ccc(C)cc1S(=O)(=O)Nc1ccc(NC(=O)c2ccccc2)c(Cl)c1. The van der Waals surface area contributed by atoms with E-state index >= 15 is 0 Å². The van der Waals surface area contributed by atoms with E-state index in [-0.39, 0.29) is 27.3 Å². The number of amides is 1. The second-order valence-electron chi connectivity index (χ2n) is 6.27. The first-order valence-electron chi connectivity index (χ1n) is 8.63. The summed E-state index contributed by atoms with van der Waals surface area (Å²) in [6.45, 7) is 1.79. The van der Waals surface area contributed by atoms with E-state index in [1.54, 1.807) is 43.3 Å². The first kappa shape index (κ1) is 20.7. The predicted octanol–water partition coefficient (Wildman–Crippen LogP) is 4.71. The average molecular weight is 431 g/mol. The summed E-state index contributed by atoms with van der Waals surface area (Å²) in [5.41, 5.74) is 1.90. The molecular weight excluding hydrogens is 412 g/mol. The predicted molar refractivity (Wildman–Crippen MR) is 114 cm³/mol. The summed E-state index contributed by atoms with van der Waals surface area (Å²) in [6.07, 6.45) is 0. The molecule has 2 N–H and O–H groups in total. The van der Waals surface area contributed by atoms with E-state index in [0.717, 1.165) is 5.56 Å². The number of methoxy groups -OCH3 is 1. The molecular formula is C21H19ClN2O4S. The van der Waals surface area contributed by atoms with Crippen molar-refractivity contribution in [1.29, 1.82) is 0 Å². The van der Waals surface area contributed by atoms with Crippen LogP contribution in [-0.2, 0) is 10.0 Å². The van der Waals surface area contributed by atoms with Crippen LogP contribution in [0.2, 0.25) is 5.02 Å². The van der Waals surface area contributed by atoms with Crippen LogP contribution < -0.4 is 14.8 Å². The van der Waals surface area contributed by atoms with Crippen LogP contribution in [0.4, 0.5) is 11.4 Å². The largest absolute Gasteiger partial charge is 0.495 e. The van der Waals surface area contributed by atoms with E-state index < -0.39 is 10.0 Å². The highest BCUT2D eigenvalue weighted by molar-refractivity contribution is 7.92. The highest BCUT2D eigenvalue weighted by Crippen LogP contribution is 2.30. The molecule has 0 radical (unpaired) electrons. The van der Waals surface area contributed by atoms with Gasteiger partial charge in [-0.1, -0.05) is 35.9 Å². The van der Waals surface area contributed by atoms with Gasteiger partial charge in [-0.3, -0.25) is 9.52 Å². The molecule has 0 aliphatic heterocycles. The zero-order valence-corrected chi connectivity index (χ0v) is 17.3. The lowest BCUT2D eigenvalue weighted by Crippen LogP contribution is -2.15. The molecule has 0 saturated heterocycles. The van der Waals surface area contributed by atoms with Crippen molar-refractivity contribution in [2.75, 3.05) is 17.1 Å². The fourth-order valence-corrected chi connectivity index (χ4v) is 4.20. The lowest BCUT2D eigenvalue weighted by molar-refractivity contribution is 0.102. The Morgan fingerprint density at radius 1 is 1.00 bits per heavy atom. The minimum absolute atomic E-state index is 0.0255. The van der Waals surface area contributed by atoms with E-state index in [1.807, 2.05) is 6.07 Å². The van der Waals surface area contributed by atoms with Crippen LogP contribution in [0.15, 0.2) is 71.6 Å². The quantitative estimate of drug-likeness (QED) is 0.593. The molecule has 1 amide bonds. The van der Waals surface area contributed by atoms with Crippen LogP contribution in [0, 0.1) is 6.92 Å². The first-order chi connectivity index (χ1) is 13.8. The number of carbonyl (C=O) groups excluding carboxylic acids is 1. The molecule has 0 heterocycles. The van der Waals surface area contributed by atoms with Gasteiger partial charge in [0.1, 0.15) is 10.6 Å². The number of rotatable bonds is 6. The maximum Gasteiger partial charge on any atom is 0.265 e. The van der Waals surface area contributed by atoms with Gasteiger partial charge < -0.3 is 10.1 Å². The van der Waals surface area contributed by atoms with Gasteiger partial charge in [0.05, 0.1) is 23.5 Å². The molecule has 0 spiro atoms. The maximum absolute atomic E-state index is 12.8. The van der Waals surface area contributed by atoms with Gasteiger partial charge >= 0.3 is 0 Å². The highest BCUT2D eigenvalue weighted by Gasteiger charge is 2.20. The van der Waals surface area contributed by atoms with Crippen molar-refractivity contribution in [2.24, 2.45) is 0 Å². The van der Waals surface area contributed by atoms with Crippen LogP contribution in [0.25, 0.3) is 0 Å². The summed E-state index contributed by atoms with van der Waals surface area (Å²) in [4.78, 5) is 12.3. The number of halogens is 1. The Labute approximate surface area is 174 Å². The summed E-state index contributed by atoms with van der Waals surface area (Å²) in [6, 6.07) is 18.1. The Hall–Kier alpha value is -3.03. The molecule has 0 aliphatic carbocycles. The smallest absolute Gasteiger partial charge is 0.265 e. The van der Waals surface area contributed by atoms with Crippen molar-refractivity contribution in [3.8, 4) is 5.75 Å². The topological polar surface area (TPSA) is 84.5 Å². The molecule has 6 nitrogen and oxygen atoms in total. The van der Waals surface area contributed by atoms with E-state index in [0.29, 0.717) is 11.3 Å². The molecule has 0 atom stereocenters. The minimum Gasteiger partial charge on any atom is -0.495 e. The zero-order valence-electron chi connectivity index (χ0n) is 15.8. The second-order valence-corrected chi connectivity index (χ2v) is 8.33. The van der Waals surface area contributed by atoms with Crippen LogP contribution in [0.5, 0.6) is 5.75 Å². The maximum atomic E-state index is 12.8. The molecule has 8 heteroatoms. The number of anilines is 2. The highest BCUT2D eigenvalue weighted by atomic mass is 35.5. The van der Waals surface area contributed by atoms with Gasteiger partial charge in [0.25, 0.3) is 15.9 Å². The van der Waals surface area contributed by atoms with Crippen molar-refractivity contribution < 1.29 is 17.9 Å². The van der Waals surface area contributed by atoms with Crippen molar-refractivity contribution in [1.82, 2.24) is 0 Å². The number of hydrogen-bond acceptors (Lipinski definition) is 4. The number of nitrogens with one attached hydrogen (secondary N) is 2. The third kappa shape index (κ3) is 4.88. The summed E-state index contributed by atoms with van der Waals surface area (Å²) in [5.74, 6) is -0.0775. The van der Waals surface area contributed by atoms with Gasteiger partial charge in [0.15, 0.2) is 0 Å². The Kier molecular flexibility index (Phi) is 6.10. The van der Waals surface area contributed by atoms with E-state index in [4.69, 9.17) is 16.3 Å². The second kappa shape index (κ2) is 8.55. The van der Waals surface area contributed by atoms with Gasteiger partial charge in [0.2, 0.25) is 0 Å². The number of hydrogen-bond donors (Lipinski definition) is 2. The standard InChI is InChI=1S/C21H19ClN2O4S/c1-14-8-11-19(28-2)20(12-14)29(26,27)24-16-9-10-18(17(22)13-16)23-21(25)15-6-4-3-5-7-15/h3-13,24H,1-2H3,(H,23,25). The third-order valence-electron chi connectivity index (χ3n) is 4.11. The number of aryl methyl sites for hydroxylation is 1. The Morgan fingerprint density at radius 2 is 1.72 bits per heavy atom. The van der Waals surface area contributed by atoms with E-state index in [1.165, 1.54) is 31.4 Å². The van der Waals surface area contributed by atoms with Gasteiger partial charge in [-0.25, -0.2) is 8.42 Å². The molecule has 29 heavy (non-hydrogen) atoms. The van der Waals surface area contributed by atoms with E-state index in [2.05, 4.69) is 10.0 Å². The Bertz CT molecular complexity index is 1150. The first-order valence-corrected chi connectivity index (χ1v) is 10.5. The number of carbonyl (C=O) groups is 1. The van der Waals surface area contributed by atoms with Gasteiger partial charge in [-0.05, 0) is 55.0 Å². The van der Waals surface area contributed by atoms with Crippen LogP contribution in [-0.4, -0.2) is 21.4 Å². The van der Waals surface area contributed by atoms with Crippen molar-refractivity contribution in [3.63, 3.8) is 0 Å². The molecule has 0 fully saturated rings. The lowest BCUT2D eigenvalue weighted by atomic mass is 10.2. The molecule has 0 saturated carbocycles. The monoisotopic (exact) mass is 430 g/mol. The number of ether oxygens (including phenoxy) is 1. The molecule has 3 rings (SSSR count). The van der Waals surface area contributed by atoms with Crippen molar-refractivity contribution >= 4 is 38.9 Å². The molecule has 0 aliphatic rings. The fraction of sp³-hybridized carbons (Fsp3) is 0.0952. The molecule has 0 aromatic heterocycles. The molecule has 150 valence electrons. The zero-order chi connectivity index (χ0) is 21.0. The number of benzene rings is 3. The summed E-state index contributed by atoms with van der Waals surface area (Å²) >= 11 is 6.25. The summed E-state index contributed by atoms with van der Waals surface area (Å²) in [7, 11) is -2.49. The molecule has 3 aromatic carbocycles. The average Bonchev–Trinajstić information content (AvgIpc) is 2.70. The van der Waals surface area contributed by atoms with Gasteiger partial charge in [-0.15, -0.1) is 0 Å². The van der Waals surface area contributed by atoms with Crippen LogP contribution in [0.1, 0.15) is 15.9 Å². The minimum atomic E-state index is -3.90. The Morgan fingerprint density at radius 3 is 2.38 bits per heavy atom. The molecule has 3 aromatic rings. The molecule has 0 unspecified atom stereocenters. The van der Waals surface area contributed by atoms with Crippen LogP contribution >= 0.6 is 11.6 Å². The number of sulfonamides is 1. The van der Waals surface area contributed by atoms with Gasteiger partial charge in [0, 0.05) is 5.56 Å². The van der Waals surface area contributed by atoms with Crippen molar-refractivity contribution in [2.45, 2.75) is 11.8 Å². The van der Waals surface area contributed by atoms with Crippen LogP contribution in [0.3, 0.4) is 0 Å². The summed E-state index contributed by atoms with van der Waals surface area (Å²) < 4.78 is 33.2. The van der Waals surface area contributed by atoms with E-state index in [9.17, 15) is 13.2 Å². The molecule has 0 bridgehead atoms. The lowest BCUT2D eigenvalue weighted by Gasteiger charge is -2.14. The Balaban J connectivity index is 1.82. The fourth-order valence-electron chi connectivity index (χ4n) is 2.67.